The summed E-state index contributed by atoms with van der Waals surface area (Å²) in [6, 6.07) is 7.14. The van der Waals surface area contributed by atoms with Gasteiger partial charge >= 0.3 is 11.9 Å². The molecule has 120 valence electrons. The number of ether oxygens (including phenoxy) is 2. The molecule has 0 unspecified atom stereocenters. The maximum absolute atomic E-state index is 12.4. The summed E-state index contributed by atoms with van der Waals surface area (Å²) in [5.41, 5.74) is 1.59. The van der Waals surface area contributed by atoms with Crippen LogP contribution >= 0.6 is 0 Å². The molecule has 0 aromatic heterocycles. The Morgan fingerprint density at radius 3 is 2.70 bits per heavy atom. The second kappa shape index (κ2) is 5.18. The summed E-state index contributed by atoms with van der Waals surface area (Å²) in [5, 5.41) is 0. The molecule has 3 fully saturated rings. The van der Waals surface area contributed by atoms with Crippen LogP contribution in [-0.4, -0.2) is 30.4 Å². The number of benzene rings is 1. The lowest BCUT2D eigenvalue weighted by molar-refractivity contribution is -0.154. The van der Waals surface area contributed by atoms with Gasteiger partial charge < -0.3 is 9.47 Å². The standard InChI is InChI=1S/C18H18O5/c1-9-2-4-10(5-3-9)13(19)8-22-17(20)15-11-6-12-14(7-11)23-18(21)16(12)15/h2-5,11-12,14-16H,6-8H2,1H3/t11-,12-,14-,15+,16+/m1/s1. The minimum Gasteiger partial charge on any atom is -0.462 e. The lowest BCUT2D eigenvalue weighted by Gasteiger charge is -2.22. The number of carbonyl (C=O) groups is 3. The Kier molecular flexibility index (Phi) is 3.25. The molecular formula is C18H18O5. The number of rotatable bonds is 4. The number of aryl methyl sites for hydroxylation is 1. The normalized spacial score (nSPS) is 33.6. The SMILES string of the molecule is Cc1ccc(C(=O)COC(=O)[C@H]2[C@@H]3C[C@H]4[C@@H]2C(=O)O[C@@H]4C3)cc1. The second-order valence-corrected chi connectivity index (χ2v) is 6.82. The highest BCUT2D eigenvalue weighted by Crippen LogP contribution is 2.57. The summed E-state index contributed by atoms with van der Waals surface area (Å²) in [5.74, 6) is -1.40. The van der Waals surface area contributed by atoms with E-state index in [0.29, 0.717) is 5.56 Å². The van der Waals surface area contributed by atoms with Crippen LogP contribution in [0.2, 0.25) is 0 Å². The first kappa shape index (κ1) is 14.4. The molecule has 0 amide bonds. The molecule has 2 aliphatic carbocycles. The van der Waals surface area contributed by atoms with Gasteiger partial charge in [0.1, 0.15) is 6.10 Å². The Morgan fingerprint density at radius 2 is 1.96 bits per heavy atom. The summed E-state index contributed by atoms with van der Waals surface area (Å²) < 4.78 is 10.5. The molecule has 0 N–H and O–H groups in total. The van der Waals surface area contributed by atoms with Crippen LogP contribution < -0.4 is 0 Å². The van der Waals surface area contributed by atoms with Gasteiger partial charge in [-0.05, 0) is 25.7 Å². The molecule has 1 aromatic rings. The third kappa shape index (κ3) is 2.26. The number of esters is 2. The van der Waals surface area contributed by atoms with Crippen LogP contribution in [0.4, 0.5) is 0 Å². The molecule has 5 heteroatoms. The molecule has 1 heterocycles. The fourth-order valence-corrected chi connectivity index (χ4v) is 4.38. The first-order valence-corrected chi connectivity index (χ1v) is 8.01. The summed E-state index contributed by atoms with van der Waals surface area (Å²) in [7, 11) is 0. The molecule has 5 atom stereocenters. The highest BCUT2D eigenvalue weighted by Gasteiger charge is 2.64. The zero-order chi connectivity index (χ0) is 16.1. The fraction of sp³-hybridized carbons (Fsp3) is 0.500. The average molecular weight is 314 g/mol. The highest BCUT2D eigenvalue weighted by atomic mass is 16.6. The fourth-order valence-electron chi connectivity index (χ4n) is 4.38. The van der Waals surface area contributed by atoms with E-state index in [1.807, 2.05) is 19.1 Å². The average Bonchev–Trinajstić information content (AvgIpc) is 3.14. The van der Waals surface area contributed by atoms with Gasteiger partial charge in [0.25, 0.3) is 0 Å². The molecule has 0 spiro atoms. The zero-order valence-electron chi connectivity index (χ0n) is 12.9. The van der Waals surface area contributed by atoms with Crippen LogP contribution in [-0.2, 0) is 19.1 Å². The first-order valence-electron chi connectivity index (χ1n) is 8.01. The van der Waals surface area contributed by atoms with Crippen molar-refractivity contribution in [2.75, 3.05) is 6.61 Å². The Morgan fingerprint density at radius 1 is 1.22 bits per heavy atom. The van der Waals surface area contributed by atoms with Gasteiger partial charge in [-0.15, -0.1) is 0 Å². The number of Topliss-reactive ketones (excluding diaryl/α,β-unsaturated/α-hetero) is 1. The lowest BCUT2D eigenvalue weighted by Crippen LogP contribution is -2.34. The Hall–Kier alpha value is -2.17. The van der Waals surface area contributed by atoms with Crippen molar-refractivity contribution in [3.63, 3.8) is 0 Å². The van der Waals surface area contributed by atoms with Crippen molar-refractivity contribution in [1.82, 2.24) is 0 Å². The molecule has 23 heavy (non-hydrogen) atoms. The smallest absolute Gasteiger partial charge is 0.310 e. The molecule has 4 rings (SSSR count). The van der Waals surface area contributed by atoms with Gasteiger partial charge in [-0.1, -0.05) is 29.8 Å². The molecule has 2 saturated carbocycles. The van der Waals surface area contributed by atoms with Crippen molar-refractivity contribution < 1.29 is 23.9 Å². The minimum absolute atomic E-state index is 0.00394. The number of ketones is 1. The van der Waals surface area contributed by atoms with E-state index in [1.165, 1.54) is 0 Å². The van der Waals surface area contributed by atoms with Crippen molar-refractivity contribution >= 4 is 17.7 Å². The van der Waals surface area contributed by atoms with Gasteiger partial charge in [0.05, 0.1) is 11.8 Å². The molecule has 2 bridgehead atoms. The van der Waals surface area contributed by atoms with Gasteiger partial charge in [-0.3, -0.25) is 14.4 Å². The maximum Gasteiger partial charge on any atom is 0.310 e. The van der Waals surface area contributed by atoms with Crippen LogP contribution in [0.5, 0.6) is 0 Å². The van der Waals surface area contributed by atoms with Crippen molar-refractivity contribution in [2.45, 2.75) is 25.9 Å². The van der Waals surface area contributed by atoms with Crippen molar-refractivity contribution in [1.29, 1.82) is 0 Å². The Balaban J connectivity index is 1.40. The zero-order valence-corrected chi connectivity index (χ0v) is 12.9. The summed E-state index contributed by atoms with van der Waals surface area (Å²) in [4.78, 5) is 36.4. The van der Waals surface area contributed by atoms with Crippen molar-refractivity contribution in [2.24, 2.45) is 23.7 Å². The van der Waals surface area contributed by atoms with Crippen molar-refractivity contribution in [3.05, 3.63) is 35.4 Å². The van der Waals surface area contributed by atoms with Gasteiger partial charge in [0.15, 0.2) is 12.4 Å². The molecule has 5 nitrogen and oxygen atoms in total. The third-order valence-corrected chi connectivity index (χ3v) is 5.47. The van der Waals surface area contributed by atoms with E-state index in [9.17, 15) is 14.4 Å². The van der Waals surface area contributed by atoms with E-state index in [4.69, 9.17) is 9.47 Å². The number of hydrogen-bond acceptors (Lipinski definition) is 5. The predicted octanol–water partition coefficient (Wildman–Crippen LogP) is 1.92. The quantitative estimate of drug-likeness (QED) is 0.627. The van der Waals surface area contributed by atoms with E-state index in [-0.39, 0.29) is 42.2 Å². The lowest BCUT2D eigenvalue weighted by atomic mass is 9.80. The summed E-state index contributed by atoms with van der Waals surface area (Å²) in [6.45, 7) is 1.67. The number of hydrogen-bond donors (Lipinski definition) is 0. The molecule has 1 saturated heterocycles. The molecule has 0 radical (unpaired) electrons. The van der Waals surface area contributed by atoms with Crippen LogP contribution in [0.25, 0.3) is 0 Å². The van der Waals surface area contributed by atoms with E-state index in [0.717, 1.165) is 18.4 Å². The molecule has 3 aliphatic rings. The van der Waals surface area contributed by atoms with Crippen LogP contribution in [0.1, 0.15) is 28.8 Å². The number of fused-ring (bicyclic) bond motifs is 1. The van der Waals surface area contributed by atoms with E-state index in [1.54, 1.807) is 12.1 Å². The third-order valence-electron chi connectivity index (χ3n) is 5.47. The summed E-state index contributed by atoms with van der Waals surface area (Å²) in [6.07, 6.45) is 1.60. The number of carbonyl (C=O) groups excluding carboxylic acids is 3. The van der Waals surface area contributed by atoms with Gasteiger partial charge in [-0.25, -0.2) is 0 Å². The van der Waals surface area contributed by atoms with E-state index >= 15 is 0 Å². The van der Waals surface area contributed by atoms with E-state index in [2.05, 4.69) is 0 Å². The largest absolute Gasteiger partial charge is 0.462 e. The second-order valence-electron chi connectivity index (χ2n) is 6.82. The molecular weight excluding hydrogens is 296 g/mol. The molecule has 1 aliphatic heterocycles. The predicted molar refractivity (Wildman–Crippen MR) is 79.5 cm³/mol. The minimum atomic E-state index is -0.433. The Labute approximate surface area is 134 Å². The highest BCUT2D eigenvalue weighted by molar-refractivity contribution is 5.98. The van der Waals surface area contributed by atoms with Crippen molar-refractivity contribution in [3.8, 4) is 0 Å². The van der Waals surface area contributed by atoms with Crippen LogP contribution in [0.15, 0.2) is 24.3 Å². The van der Waals surface area contributed by atoms with Crippen LogP contribution in [0, 0.1) is 30.6 Å². The van der Waals surface area contributed by atoms with Gasteiger partial charge in [-0.2, -0.15) is 0 Å². The summed E-state index contributed by atoms with van der Waals surface area (Å²) >= 11 is 0. The first-order chi connectivity index (χ1) is 11.0. The Bertz CT molecular complexity index is 675. The maximum atomic E-state index is 12.4. The van der Waals surface area contributed by atoms with Crippen LogP contribution in [0.3, 0.4) is 0 Å². The van der Waals surface area contributed by atoms with E-state index < -0.39 is 11.9 Å². The van der Waals surface area contributed by atoms with Gasteiger partial charge in [0, 0.05) is 11.5 Å². The topological polar surface area (TPSA) is 69.7 Å². The monoisotopic (exact) mass is 314 g/mol. The molecule has 1 aromatic carbocycles. The van der Waals surface area contributed by atoms with Gasteiger partial charge in [0.2, 0.25) is 0 Å².